The first-order chi connectivity index (χ1) is 3.12. The Morgan fingerprint density at radius 1 is 1.86 bits per heavy atom. The van der Waals surface area contributed by atoms with Gasteiger partial charge in [-0.1, -0.05) is 11.4 Å². The molecule has 0 bridgehead atoms. The van der Waals surface area contributed by atoms with Gasteiger partial charge in [-0.15, -0.1) is 20.7 Å². The van der Waals surface area contributed by atoms with E-state index in [1.165, 1.54) is 0 Å². The lowest BCUT2D eigenvalue weighted by Crippen LogP contribution is -2.27. The molecule has 0 fully saturated rings. The highest BCUT2D eigenvalue weighted by Gasteiger charge is 2.08. The summed E-state index contributed by atoms with van der Waals surface area (Å²) in [6.07, 6.45) is 1.06. The van der Waals surface area contributed by atoms with Gasteiger partial charge in [0.05, 0.1) is 3.55 Å². The quantitative estimate of drug-likeness (QED) is 0.419. The average molecular weight is 213 g/mol. The van der Waals surface area contributed by atoms with Gasteiger partial charge in [0.15, 0.2) is 0 Å². The zero-order chi connectivity index (χ0) is 5.91. The zero-order valence-electron chi connectivity index (χ0n) is 4.87. The second-order valence-electron chi connectivity index (χ2n) is 1.77. The first-order valence-electron chi connectivity index (χ1n) is 2.31. The largest absolute Gasteiger partial charge is 0.318 e. The lowest BCUT2D eigenvalue weighted by molar-refractivity contribution is 0.685. The Hall–Kier alpha value is 0.560. The SMILES string of the molecule is C=IC(C)(N)CC. The van der Waals surface area contributed by atoms with Crippen molar-refractivity contribution in [1.82, 2.24) is 0 Å². The first-order valence-corrected chi connectivity index (χ1v) is 4.91. The predicted octanol–water partition coefficient (Wildman–Crippen LogP) is 1.47. The van der Waals surface area contributed by atoms with E-state index in [1.807, 2.05) is 0 Å². The number of rotatable bonds is 2. The Morgan fingerprint density at radius 3 is 2.29 bits per heavy atom. The van der Waals surface area contributed by atoms with Crippen LogP contribution < -0.4 is 5.73 Å². The van der Waals surface area contributed by atoms with Crippen LogP contribution in [0, 0.1) is 0 Å². The summed E-state index contributed by atoms with van der Waals surface area (Å²) in [6, 6.07) is 0. The Kier molecular flexibility index (Phi) is 2.99. The molecule has 44 valence electrons. The highest BCUT2D eigenvalue weighted by Crippen LogP contribution is 2.18. The molecule has 2 heteroatoms. The monoisotopic (exact) mass is 213 g/mol. The second kappa shape index (κ2) is 2.77. The van der Waals surface area contributed by atoms with Crippen molar-refractivity contribution in [3.8, 4) is 0 Å². The van der Waals surface area contributed by atoms with Crippen LogP contribution in [0.25, 0.3) is 0 Å². The van der Waals surface area contributed by atoms with Gasteiger partial charge >= 0.3 is 0 Å². The second-order valence-corrected chi connectivity index (χ2v) is 4.99. The van der Waals surface area contributed by atoms with E-state index < -0.39 is 0 Å². The topological polar surface area (TPSA) is 26.0 Å². The predicted molar refractivity (Wildman–Crippen MR) is 44.0 cm³/mol. The molecule has 0 radical (unpaired) electrons. The van der Waals surface area contributed by atoms with E-state index in [-0.39, 0.29) is 24.3 Å². The smallest absolute Gasteiger partial charge is 0.0595 e. The van der Waals surface area contributed by atoms with Crippen molar-refractivity contribution < 1.29 is 0 Å². The van der Waals surface area contributed by atoms with Gasteiger partial charge in [0.25, 0.3) is 0 Å². The van der Waals surface area contributed by atoms with Crippen molar-refractivity contribution in [2.24, 2.45) is 5.73 Å². The van der Waals surface area contributed by atoms with Crippen LogP contribution in [-0.2, 0) is 0 Å². The Morgan fingerprint density at radius 2 is 2.29 bits per heavy atom. The van der Waals surface area contributed by atoms with E-state index in [2.05, 4.69) is 18.4 Å². The van der Waals surface area contributed by atoms with Gasteiger partial charge in [-0.2, -0.15) is 0 Å². The third-order valence-electron chi connectivity index (χ3n) is 0.997. The standard InChI is InChI=1S/C5H12IN/c1-4-5(2,7)6-3/h3-4,7H2,1-2H3. The number of alkyl halides is 1. The summed E-state index contributed by atoms with van der Waals surface area (Å²) in [6.45, 7) is 4.16. The lowest BCUT2D eigenvalue weighted by atomic mass is 10.3. The molecule has 1 atom stereocenters. The Balaban J connectivity index is 3.58. The maximum absolute atomic E-state index is 5.70. The van der Waals surface area contributed by atoms with Crippen molar-refractivity contribution >= 4 is 25.2 Å². The van der Waals surface area contributed by atoms with Crippen molar-refractivity contribution in [3.63, 3.8) is 0 Å². The van der Waals surface area contributed by atoms with Crippen LogP contribution in [-0.4, -0.2) is 8.06 Å². The molecule has 0 rings (SSSR count). The number of hydrogen-bond donors (Lipinski definition) is 1. The van der Waals surface area contributed by atoms with E-state index in [1.54, 1.807) is 0 Å². The molecule has 0 amide bonds. The lowest BCUT2D eigenvalue weighted by Gasteiger charge is -2.14. The summed E-state index contributed by atoms with van der Waals surface area (Å²) in [5.41, 5.74) is 5.70. The molecular weight excluding hydrogens is 201 g/mol. The summed E-state index contributed by atoms with van der Waals surface area (Å²) in [7, 11) is 0. The van der Waals surface area contributed by atoms with Crippen LogP contribution in [0.1, 0.15) is 20.3 Å². The molecule has 2 N–H and O–H groups in total. The average Bonchev–Trinajstić information content (AvgIpc) is 1.68. The molecule has 7 heavy (non-hydrogen) atoms. The van der Waals surface area contributed by atoms with Crippen LogP contribution in [0.3, 0.4) is 0 Å². The van der Waals surface area contributed by atoms with E-state index in [0.29, 0.717) is 0 Å². The molecule has 0 saturated carbocycles. The minimum atomic E-state index is -0.0112. The molecule has 0 spiro atoms. The number of nitrogens with two attached hydrogens (primary N) is 1. The van der Waals surface area contributed by atoms with E-state index in [0.717, 1.165) is 6.42 Å². The van der Waals surface area contributed by atoms with E-state index in [9.17, 15) is 0 Å². The summed E-state index contributed by atoms with van der Waals surface area (Å²) in [5.74, 6) is 0. The minimum Gasteiger partial charge on any atom is -0.318 e. The third kappa shape index (κ3) is 3.17. The highest BCUT2D eigenvalue weighted by atomic mass is 127. The van der Waals surface area contributed by atoms with Gasteiger partial charge in [-0.05, 0) is 13.3 Å². The van der Waals surface area contributed by atoms with Crippen LogP contribution >= 0.6 is 20.7 Å². The van der Waals surface area contributed by atoms with Gasteiger partial charge in [0.2, 0.25) is 0 Å². The summed E-state index contributed by atoms with van der Waals surface area (Å²) < 4.78 is 3.90. The maximum atomic E-state index is 5.70. The van der Waals surface area contributed by atoms with Gasteiger partial charge in [0.1, 0.15) is 0 Å². The summed E-state index contributed by atoms with van der Waals surface area (Å²) >= 11 is -0.0112. The maximum Gasteiger partial charge on any atom is 0.0595 e. The number of halogens is 1. The first kappa shape index (κ1) is 7.56. The Labute approximate surface area is 55.0 Å². The molecule has 1 unspecified atom stereocenters. The fourth-order valence-electron chi connectivity index (χ4n) is 0.0945. The zero-order valence-corrected chi connectivity index (χ0v) is 7.03. The Bertz CT molecular complexity index is 68.5. The fourth-order valence-corrected chi connectivity index (χ4v) is 0.634. The van der Waals surface area contributed by atoms with Crippen molar-refractivity contribution in [3.05, 3.63) is 0 Å². The van der Waals surface area contributed by atoms with Crippen molar-refractivity contribution in [2.45, 2.75) is 23.8 Å². The third-order valence-corrected chi connectivity index (χ3v) is 3.50. The molecule has 0 heterocycles. The van der Waals surface area contributed by atoms with Crippen molar-refractivity contribution in [2.75, 3.05) is 0 Å². The van der Waals surface area contributed by atoms with Gasteiger partial charge in [-0.25, -0.2) is 0 Å². The van der Waals surface area contributed by atoms with Gasteiger partial charge in [0, 0.05) is 0 Å². The van der Waals surface area contributed by atoms with Crippen LogP contribution in [0.5, 0.6) is 0 Å². The molecule has 0 aliphatic heterocycles. The van der Waals surface area contributed by atoms with E-state index >= 15 is 0 Å². The molecule has 0 aromatic heterocycles. The number of hydrogen-bond acceptors (Lipinski definition) is 1. The summed E-state index contributed by atoms with van der Waals surface area (Å²) in [4.78, 5) is 0. The molecule has 1 nitrogen and oxygen atoms in total. The van der Waals surface area contributed by atoms with Crippen LogP contribution in [0.15, 0.2) is 0 Å². The molecule has 0 aliphatic rings. The molecule has 0 aromatic rings. The summed E-state index contributed by atoms with van der Waals surface area (Å²) in [5, 5.41) is 0. The molecular formula is C5H12IN. The van der Waals surface area contributed by atoms with Gasteiger partial charge < -0.3 is 5.73 Å². The van der Waals surface area contributed by atoms with Gasteiger partial charge in [-0.3, -0.25) is 0 Å². The van der Waals surface area contributed by atoms with Crippen molar-refractivity contribution in [1.29, 1.82) is 0 Å². The van der Waals surface area contributed by atoms with Crippen LogP contribution in [0.4, 0.5) is 0 Å². The minimum absolute atomic E-state index is 0.0112. The fraction of sp³-hybridized carbons (Fsp3) is 0.800. The molecule has 0 aliphatic carbocycles. The van der Waals surface area contributed by atoms with E-state index in [4.69, 9.17) is 5.73 Å². The molecule has 0 aromatic carbocycles. The normalized spacial score (nSPS) is 18.7. The van der Waals surface area contributed by atoms with Crippen LogP contribution in [0.2, 0.25) is 0 Å². The molecule has 0 saturated heterocycles. The highest BCUT2D eigenvalue weighted by molar-refractivity contribution is 14.2.